The number of amides is 2. The molecule has 2 aromatic rings. The predicted octanol–water partition coefficient (Wildman–Crippen LogP) is 5.73. The van der Waals surface area contributed by atoms with Gasteiger partial charge in [-0.1, -0.05) is 47.0 Å². The Labute approximate surface area is 193 Å². The number of nitrogens with zero attached hydrogens (tertiary/aromatic N) is 1. The van der Waals surface area contributed by atoms with Gasteiger partial charge in [-0.05, 0) is 64.4 Å². The van der Waals surface area contributed by atoms with Crippen LogP contribution in [0.4, 0.5) is 0 Å². The Hall–Kier alpha value is -1.69. The van der Waals surface area contributed by atoms with Crippen LogP contribution < -0.4 is 5.32 Å². The third kappa shape index (κ3) is 7.53. The molecule has 0 saturated heterocycles. The largest absolute Gasteiger partial charge is 0.350 e. The summed E-state index contributed by atoms with van der Waals surface area (Å²) in [5, 5.41) is 3.94. The molecule has 0 aliphatic heterocycles. The molecule has 0 saturated carbocycles. The molecule has 4 nitrogen and oxygen atoms in total. The topological polar surface area (TPSA) is 49.4 Å². The molecule has 0 heterocycles. The van der Waals surface area contributed by atoms with Crippen molar-refractivity contribution >= 4 is 46.8 Å². The number of nitrogens with one attached hydrogen (secondary N) is 1. The normalized spacial score (nSPS) is 12.4. The van der Waals surface area contributed by atoms with Crippen molar-refractivity contribution in [1.29, 1.82) is 0 Å². The number of hydrogen-bond donors (Lipinski definition) is 1. The van der Waals surface area contributed by atoms with E-state index in [1.54, 1.807) is 30.0 Å². The zero-order valence-corrected chi connectivity index (χ0v) is 20.3. The predicted molar refractivity (Wildman–Crippen MR) is 126 cm³/mol. The minimum Gasteiger partial charge on any atom is -0.350 e. The Morgan fingerprint density at radius 2 is 1.73 bits per heavy atom. The Kier molecular flexibility index (Phi) is 8.65. The summed E-state index contributed by atoms with van der Waals surface area (Å²) in [6, 6.07) is 12.5. The summed E-state index contributed by atoms with van der Waals surface area (Å²) in [7, 11) is 0. The van der Waals surface area contributed by atoms with Gasteiger partial charge >= 0.3 is 0 Å². The van der Waals surface area contributed by atoms with E-state index in [9.17, 15) is 9.59 Å². The van der Waals surface area contributed by atoms with Crippen LogP contribution in [0.15, 0.2) is 47.4 Å². The maximum atomic E-state index is 13.1. The molecule has 2 amide bonds. The van der Waals surface area contributed by atoms with Gasteiger partial charge in [-0.2, -0.15) is 0 Å². The van der Waals surface area contributed by atoms with Crippen LogP contribution in [0.25, 0.3) is 0 Å². The molecular formula is C23H28Cl2N2O2S. The van der Waals surface area contributed by atoms with E-state index in [2.05, 4.69) is 5.32 Å². The average molecular weight is 467 g/mol. The van der Waals surface area contributed by atoms with Crippen molar-refractivity contribution in [3.63, 3.8) is 0 Å². The van der Waals surface area contributed by atoms with Crippen molar-refractivity contribution in [1.82, 2.24) is 10.2 Å². The molecule has 30 heavy (non-hydrogen) atoms. The number of halogens is 2. The van der Waals surface area contributed by atoms with Crippen molar-refractivity contribution in [2.24, 2.45) is 0 Å². The fourth-order valence-corrected chi connectivity index (χ4v) is 4.01. The molecule has 162 valence electrons. The smallest absolute Gasteiger partial charge is 0.242 e. The van der Waals surface area contributed by atoms with E-state index in [0.717, 1.165) is 16.0 Å². The van der Waals surface area contributed by atoms with E-state index in [4.69, 9.17) is 23.2 Å². The Bertz CT molecular complexity index is 895. The van der Waals surface area contributed by atoms with Crippen molar-refractivity contribution in [3.05, 3.63) is 63.6 Å². The molecule has 0 aliphatic carbocycles. The molecule has 0 fully saturated rings. The lowest BCUT2D eigenvalue weighted by Crippen LogP contribution is -2.52. The molecular weight excluding hydrogens is 439 g/mol. The van der Waals surface area contributed by atoms with Gasteiger partial charge in [0.2, 0.25) is 11.8 Å². The highest BCUT2D eigenvalue weighted by Crippen LogP contribution is 2.25. The minimum absolute atomic E-state index is 0.136. The standard InChI is InChI=1S/C23H28Cl2N2O2S/c1-15-6-10-19(11-7-15)30-14-21(28)27(16(2)22(29)26-23(3,4)5)13-17-8-9-18(24)12-20(17)25/h6-12,16H,13-14H2,1-5H3,(H,26,29). The third-order valence-electron chi connectivity index (χ3n) is 4.40. The van der Waals surface area contributed by atoms with E-state index < -0.39 is 11.6 Å². The Balaban J connectivity index is 2.21. The lowest BCUT2D eigenvalue weighted by Gasteiger charge is -2.31. The van der Waals surface area contributed by atoms with Crippen LogP contribution in [0.5, 0.6) is 0 Å². The summed E-state index contributed by atoms with van der Waals surface area (Å²) in [4.78, 5) is 28.5. The number of carbonyl (C=O) groups excluding carboxylic acids is 2. The van der Waals surface area contributed by atoms with Gasteiger partial charge in [0.05, 0.1) is 5.75 Å². The van der Waals surface area contributed by atoms with E-state index in [-0.39, 0.29) is 24.1 Å². The summed E-state index contributed by atoms with van der Waals surface area (Å²) >= 11 is 13.8. The quantitative estimate of drug-likeness (QED) is 0.530. The van der Waals surface area contributed by atoms with Crippen LogP contribution in [0.1, 0.15) is 38.8 Å². The van der Waals surface area contributed by atoms with Crippen LogP contribution in [0.2, 0.25) is 10.0 Å². The van der Waals surface area contributed by atoms with Gasteiger partial charge in [-0.15, -0.1) is 11.8 Å². The van der Waals surface area contributed by atoms with Crippen LogP contribution in [-0.4, -0.2) is 34.0 Å². The van der Waals surface area contributed by atoms with Crippen molar-refractivity contribution in [3.8, 4) is 0 Å². The number of benzene rings is 2. The monoisotopic (exact) mass is 466 g/mol. The SMILES string of the molecule is Cc1ccc(SCC(=O)N(Cc2ccc(Cl)cc2Cl)C(C)C(=O)NC(C)(C)C)cc1. The first-order chi connectivity index (χ1) is 14.0. The molecule has 2 rings (SSSR count). The molecule has 1 atom stereocenters. The minimum atomic E-state index is -0.651. The maximum Gasteiger partial charge on any atom is 0.242 e. The van der Waals surface area contributed by atoms with E-state index in [0.29, 0.717) is 10.0 Å². The molecule has 1 unspecified atom stereocenters. The first-order valence-electron chi connectivity index (χ1n) is 9.71. The van der Waals surface area contributed by atoms with Gasteiger partial charge in [0.25, 0.3) is 0 Å². The average Bonchev–Trinajstić information content (AvgIpc) is 2.65. The molecule has 0 aliphatic rings. The lowest BCUT2D eigenvalue weighted by atomic mass is 10.1. The highest BCUT2D eigenvalue weighted by atomic mass is 35.5. The highest BCUT2D eigenvalue weighted by Gasteiger charge is 2.28. The first kappa shape index (κ1) is 24.6. The second-order valence-corrected chi connectivity index (χ2v) is 10.2. The first-order valence-corrected chi connectivity index (χ1v) is 11.5. The van der Waals surface area contributed by atoms with Gasteiger partial charge in [0.15, 0.2) is 0 Å². The summed E-state index contributed by atoms with van der Waals surface area (Å²) in [5.41, 5.74) is 1.51. The number of thioether (sulfide) groups is 1. The number of carbonyl (C=O) groups is 2. The molecule has 1 N–H and O–H groups in total. The van der Waals surface area contributed by atoms with Crippen molar-refractivity contribution in [2.45, 2.75) is 57.6 Å². The third-order valence-corrected chi connectivity index (χ3v) is 5.99. The molecule has 2 aromatic carbocycles. The molecule has 7 heteroatoms. The molecule has 0 spiro atoms. The van der Waals surface area contributed by atoms with Crippen LogP contribution in [0, 0.1) is 6.92 Å². The summed E-state index contributed by atoms with van der Waals surface area (Å²) in [5.74, 6) is -0.120. The van der Waals surface area contributed by atoms with Crippen LogP contribution in [0.3, 0.4) is 0 Å². The van der Waals surface area contributed by atoms with Gasteiger partial charge in [0, 0.05) is 27.0 Å². The summed E-state index contributed by atoms with van der Waals surface area (Å²) in [6.07, 6.45) is 0. The van der Waals surface area contributed by atoms with Crippen molar-refractivity contribution < 1.29 is 9.59 Å². The number of hydrogen-bond acceptors (Lipinski definition) is 3. The molecule has 0 bridgehead atoms. The summed E-state index contributed by atoms with van der Waals surface area (Å²) < 4.78 is 0. The zero-order chi connectivity index (χ0) is 22.5. The van der Waals surface area contributed by atoms with Crippen molar-refractivity contribution in [2.75, 3.05) is 5.75 Å². The fourth-order valence-electron chi connectivity index (χ4n) is 2.75. The van der Waals surface area contributed by atoms with Crippen LogP contribution in [-0.2, 0) is 16.1 Å². The van der Waals surface area contributed by atoms with E-state index >= 15 is 0 Å². The Morgan fingerprint density at radius 1 is 1.10 bits per heavy atom. The van der Waals surface area contributed by atoms with Gasteiger partial charge in [-0.25, -0.2) is 0 Å². The fraction of sp³-hybridized carbons (Fsp3) is 0.391. The highest BCUT2D eigenvalue weighted by molar-refractivity contribution is 8.00. The second kappa shape index (κ2) is 10.6. The number of rotatable bonds is 7. The molecule has 0 aromatic heterocycles. The van der Waals surface area contributed by atoms with Gasteiger partial charge in [0.1, 0.15) is 6.04 Å². The lowest BCUT2D eigenvalue weighted by molar-refractivity contribution is -0.139. The summed E-state index contributed by atoms with van der Waals surface area (Å²) in [6.45, 7) is 9.71. The molecule has 0 radical (unpaired) electrons. The Morgan fingerprint density at radius 3 is 2.30 bits per heavy atom. The maximum absolute atomic E-state index is 13.1. The second-order valence-electron chi connectivity index (χ2n) is 8.27. The van der Waals surface area contributed by atoms with Gasteiger partial charge < -0.3 is 10.2 Å². The van der Waals surface area contributed by atoms with Gasteiger partial charge in [-0.3, -0.25) is 9.59 Å². The zero-order valence-electron chi connectivity index (χ0n) is 18.0. The van der Waals surface area contributed by atoms with E-state index in [1.165, 1.54) is 11.8 Å². The number of aryl methyl sites for hydroxylation is 1. The van der Waals surface area contributed by atoms with Crippen LogP contribution >= 0.6 is 35.0 Å². The van der Waals surface area contributed by atoms with E-state index in [1.807, 2.05) is 52.0 Å².